The van der Waals surface area contributed by atoms with Gasteiger partial charge in [0.2, 0.25) is 5.91 Å². The Morgan fingerprint density at radius 2 is 2.26 bits per heavy atom. The summed E-state index contributed by atoms with van der Waals surface area (Å²) in [5.41, 5.74) is 0.0307. The van der Waals surface area contributed by atoms with Crippen LogP contribution in [-0.2, 0) is 4.79 Å². The van der Waals surface area contributed by atoms with Crippen LogP contribution in [0.5, 0.6) is 0 Å². The zero-order valence-electron chi connectivity index (χ0n) is 11.1. The van der Waals surface area contributed by atoms with Gasteiger partial charge in [0.15, 0.2) is 0 Å². The summed E-state index contributed by atoms with van der Waals surface area (Å²) in [6.45, 7) is 4.90. The van der Waals surface area contributed by atoms with Crippen molar-refractivity contribution in [1.82, 2.24) is 5.32 Å². The highest BCUT2D eigenvalue weighted by Gasteiger charge is 2.37. The number of nitrogens with one attached hydrogen (secondary N) is 2. The predicted molar refractivity (Wildman–Crippen MR) is 74.8 cm³/mol. The van der Waals surface area contributed by atoms with Gasteiger partial charge in [-0.3, -0.25) is 4.79 Å². The summed E-state index contributed by atoms with van der Waals surface area (Å²) < 4.78 is 13.7. The van der Waals surface area contributed by atoms with Gasteiger partial charge in [-0.2, -0.15) is 0 Å². The van der Waals surface area contributed by atoms with Crippen LogP contribution in [0.4, 0.5) is 10.1 Å². The van der Waals surface area contributed by atoms with Gasteiger partial charge in [0.05, 0.1) is 11.7 Å². The lowest BCUT2D eigenvalue weighted by Gasteiger charge is -2.38. The summed E-state index contributed by atoms with van der Waals surface area (Å²) in [5, 5.41) is 6.14. The van der Waals surface area contributed by atoms with E-state index in [-0.39, 0.29) is 23.1 Å². The largest absolute Gasteiger partial charge is 0.322 e. The molecule has 1 aliphatic heterocycles. The van der Waals surface area contributed by atoms with Gasteiger partial charge in [-0.05, 0) is 43.0 Å². The van der Waals surface area contributed by atoms with Crippen molar-refractivity contribution in [1.29, 1.82) is 0 Å². The molecule has 0 radical (unpaired) electrons. The molecule has 0 saturated carbocycles. The van der Waals surface area contributed by atoms with Crippen LogP contribution in [0, 0.1) is 11.2 Å². The normalized spacial score (nSPS) is 22.0. The van der Waals surface area contributed by atoms with Gasteiger partial charge in [0.1, 0.15) is 5.82 Å². The molecule has 5 heteroatoms. The summed E-state index contributed by atoms with van der Waals surface area (Å²) in [5.74, 6) is -0.722. The van der Waals surface area contributed by atoms with Gasteiger partial charge in [-0.25, -0.2) is 4.39 Å². The maximum absolute atomic E-state index is 13.7. The lowest BCUT2D eigenvalue weighted by molar-refractivity contribution is -0.121. The van der Waals surface area contributed by atoms with E-state index in [9.17, 15) is 9.18 Å². The number of rotatable bonds is 2. The topological polar surface area (TPSA) is 41.1 Å². The number of piperidine rings is 1. The monoisotopic (exact) mass is 284 g/mol. The summed E-state index contributed by atoms with van der Waals surface area (Å²) in [6, 6.07) is 3.91. The number of halogens is 2. The number of hydrogen-bond donors (Lipinski definition) is 2. The first kappa shape index (κ1) is 14.3. The van der Waals surface area contributed by atoms with E-state index in [1.807, 2.05) is 13.8 Å². The van der Waals surface area contributed by atoms with Crippen LogP contribution in [0.2, 0.25) is 5.02 Å². The predicted octanol–water partition coefficient (Wildman–Crippen LogP) is 3.20. The van der Waals surface area contributed by atoms with Crippen molar-refractivity contribution in [3.05, 3.63) is 29.0 Å². The zero-order valence-corrected chi connectivity index (χ0v) is 11.9. The molecule has 1 atom stereocenters. The van der Waals surface area contributed by atoms with Gasteiger partial charge in [-0.15, -0.1) is 0 Å². The molecule has 0 aromatic heterocycles. The maximum atomic E-state index is 13.7. The molecule has 1 amide bonds. The van der Waals surface area contributed by atoms with E-state index in [1.165, 1.54) is 12.1 Å². The summed E-state index contributed by atoms with van der Waals surface area (Å²) in [4.78, 5) is 12.2. The average Bonchev–Trinajstić information content (AvgIpc) is 2.32. The van der Waals surface area contributed by atoms with Crippen LogP contribution in [0.3, 0.4) is 0 Å². The van der Waals surface area contributed by atoms with Gasteiger partial charge < -0.3 is 10.6 Å². The standard InChI is InChI=1S/C14H18ClFN2O/c1-14(2)6-3-7-17-12(14)13(19)18-11-5-4-9(15)8-10(11)16/h4-5,8,12,17H,3,6-7H2,1-2H3,(H,18,19). The number of benzene rings is 1. The molecule has 1 aromatic rings. The molecule has 104 valence electrons. The molecule has 3 nitrogen and oxygen atoms in total. The molecule has 1 unspecified atom stereocenters. The van der Waals surface area contributed by atoms with Crippen LogP contribution in [0.25, 0.3) is 0 Å². The Kier molecular flexibility index (Phi) is 4.11. The Morgan fingerprint density at radius 1 is 1.53 bits per heavy atom. The van der Waals surface area contributed by atoms with Gasteiger partial charge >= 0.3 is 0 Å². The van der Waals surface area contributed by atoms with Crippen LogP contribution in [0.15, 0.2) is 18.2 Å². The van der Waals surface area contributed by atoms with Gasteiger partial charge in [0, 0.05) is 5.02 Å². The first-order chi connectivity index (χ1) is 8.90. The number of hydrogen-bond acceptors (Lipinski definition) is 2. The minimum atomic E-state index is -0.519. The molecule has 1 heterocycles. The van der Waals surface area contributed by atoms with Gasteiger partial charge in [-0.1, -0.05) is 25.4 Å². The number of carbonyl (C=O) groups is 1. The molecular formula is C14H18ClFN2O. The van der Waals surface area contributed by atoms with E-state index < -0.39 is 5.82 Å². The quantitative estimate of drug-likeness (QED) is 0.876. The molecule has 1 aliphatic rings. The fourth-order valence-corrected chi connectivity index (χ4v) is 2.61. The third-order valence-electron chi connectivity index (χ3n) is 3.58. The van der Waals surface area contributed by atoms with Crippen LogP contribution in [-0.4, -0.2) is 18.5 Å². The minimum absolute atomic E-state index is 0.134. The lowest BCUT2D eigenvalue weighted by atomic mass is 9.77. The number of carbonyl (C=O) groups excluding carboxylic acids is 1. The van der Waals surface area contributed by atoms with Crippen molar-refractivity contribution < 1.29 is 9.18 Å². The first-order valence-electron chi connectivity index (χ1n) is 6.39. The first-order valence-corrected chi connectivity index (χ1v) is 6.77. The third-order valence-corrected chi connectivity index (χ3v) is 3.81. The fourth-order valence-electron chi connectivity index (χ4n) is 2.45. The highest BCUT2D eigenvalue weighted by atomic mass is 35.5. The van der Waals surface area contributed by atoms with E-state index in [4.69, 9.17) is 11.6 Å². The summed E-state index contributed by atoms with van der Waals surface area (Å²) >= 11 is 5.68. The van der Waals surface area contributed by atoms with Crippen LogP contribution in [0.1, 0.15) is 26.7 Å². The molecule has 0 spiro atoms. The van der Waals surface area contributed by atoms with E-state index in [0.717, 1.165) is 19.4 Å². The molecule has 1 aromatic carbocycles. The number of amides is 1. The van der Waals surface area contributed by atoms with E-state index in [1.54, 1.807) is 6.07 Å². The maximum Gasteiger partial charge on any atom is 0.242 e. The third kappa shape index (κ3) is 3.25. The number of anilines is 1. The van der Waals surface area contributed by atoms with Crippen molar-refractivity contribution in [2.75, 3.05) is 11.9 Å². The Bertz CT molecular complexity index is 490. The Balaban J connectivity index is 2.12. The fraction of sp³-hybridized carbons (Fsp3) is 0.500. The molecule has 0 bridgehead atoms. The molecule has 1 fully saturated rings. The lowest BCUT2D eigenvalue weighted by Crippen LogP contribution is -2.53. The summed E-state index contributed by atoms with van der Waals surface area (Å²) in [7, 11) is 0. The van der Waals surface area contributed by atoms with E-state index in [2.05, 4.69) is 10.6 Å². The molecule has 1 saturated heterocycles. The molecule has 2 N–H and O–H groups in total. The van der Waals surface area contributed by atoms with Crippen molar-refractivity contribution in [3.8, 4) is 0 Å². The van der Waals surface area contributed by atoms with Crippen molar-refractivity contribution >= 4 is 23.2 Å². The highest BCUT2D eigenvalue weighted by Crippen LogP contribution is 2.31. The van der Waals surface area contributed by atoms with Crippen molar-refractivity contribution in [2.24, 2.45) is 5.41 Å². The summed E-state index contributed by atoms with van der Waals surface area (Å²) in [6.07, 6.45) is 2.02. The van der Waals surface area contributed by atoms with Crippen LogP contribution < -0.4 is 10.6 Å². The van der Waals surface area contributed by atoms with E-state index in [0.29, 0.717) is 5.02 Å². The van der Waals surface area contributed by atoms with Crippen LogP contribution >= 0.6 is 11.6 Å². The second-order valence-corrected chi connectivity index (χ2v) is 6.03. The Morgan fingerprint density at radius 3 is 2.89 bits per heavy atom. The molecule has 0 aliphatic carbocycles. The minimum Gasteiger partial charge on any atom is -0.322 e. The SMILES string of the molecule is CC1(C)CCCNC1C(=O)Nc1ccc(Cl)cc1F. The Hall–Kier alpha value is -1.13. The second kappa shape index (κ2) is 5.47. The smallest absolute Gasteiger partial charge is 0.242 e. The highest BCUT2D eigenvalue weighted by molar-refractivity contribution is 6.30. The molecule has 2 rings (SSSR count). The van der Waals surface area contributed by atoms with Crippen molar-refractivity contribution in [3.63, 3.8) is 0 Å². The molecular weight excluding hydrogens is 267 g/mol. The molecule has 19 heavy (non-hydrogen) atoms. The Labute approximate surface area is 117 Å². The second-order valence-electron chi connectivity index (χ2n) is 5.59. The van der Waals surface area contributed by atoms with E-state index >= 15 is 0 Å². The zero-order chi connectivity index (χ0) is 14.0. The van der Waals surface area contributed by atoms with Gasteiger partial charge in [0.25, 0.3) is 0 Å². The van der Waals surface area contributed by atoms with Crippen molar-refractivity contribution in [2.45, 2.75) is 32.7 Å². The average molecular weight is 285 g/mol.